The number of nitriles is 1. The summed E-state index contributed by atoms with van der Waals surface area (Å²) in [5, 5.41) is 11.9. The number of nitrogens with one attached hydrogen (secondary N) is 1. The van der Waals surface area contributed by atoms with E-state index in [1.54, 1.807) is 6.07 Å². The quantitative estimate of drug-likeness (QED) is 0.843. The number of halogens is 1. The molecule has 1 rings (SSSR count). The Balaban J connectivity index is 2.60. The van der Waals surface area contributed by atoms with E-state index in [1.165, 1.54) is 6.07 Å². The Hall–Kier alpha value is -1.56. The van der Waals surface area contributed by atoms with Crippen molar-refractivity contribution in [3.63, 3.8) is 0 Å². The largest absolute Gasteiger partial charge is 0.382 e. The third kappa shape index (κ3) is 3.23. The zero-order chi connectivity index (χ0) is 12.2. The fourth-order valence-corrected chi connectivity index (χ4v) is 1.41. The van der Waals surface area contributed by atoms with Gasteiger partial charge in [0.05, 0.1) is 17.2 Å². The smallest absolute Gasteiger partial charge is 0.146 e. The van der Waals surface area contributed by atoms with Crippen LogP contribution >= 0.6 is 0 Å². The molecule has 0 spiro atoms. The van der Waals surface area contributed by atoms with Crippen LogP contribution in [0.3, 0.4) is 0 Å². The Labute approximate surface area is 96.1 Å². The molecule has 0 aromatic heterocycles. The van der Waals surface area contributed by atoms with Crippen LogP contribution in [0, 0.1) is 29.5 Å². The fraction of sp³-hybridized carbons (Fsp3) is 0.462. The van der Waals surface area contributed by atoms with Crippen LogP contribution in [0.4, 0.5) is 10.1 Å². The van der Waals surface area contributed by atoms with Gasteiger partial charge >= 0.3 is 0 Å². The zero-order valence-electron chi connectivity index (χ0n) is 9.97. The van der Waals surface area contributed by atoms with Crippen molar-refractivity contribution in [2.24, 2.45) is 5.41 Å². The van der Waals surface area contributed by atoms with Crippen molar-refractivity contribution in [3.05, 3.63) is 29.6 Å². The summed E-state index contributed by atoms with van der Waals surface area (Å²) in [6.07, 6.45) is 0.692. The molecule has 0 saturated carbocycles. The van der Waals surface area contributed by atoms with Gasteiger partial charge in [-0.05, 0) is 38.8 Å². The van der Waals surface area contributed by atoms with Gasteiger partial charge < -0.3 is 5.32 Å². The molecule has 1 aromatic carbocycles. The van der Waals surface area contributed by atoms with Gasteiger partial charge in [0, 0.05) is 6.54 Å². The first-order valence-electron chi connectivity index (χ1n) is 5.36. The molecule has 0 aliphatic heterocycles. The van der Waals surface area contributed by atoms with Crippen LogP contribution in [0.15, 0.2) is 18.2 Å². The first-order valence-corrected chi connectivity index (χ1v) is 5.36. The molecular weight excluding hydrogens is 203 g/mol. The van der Waals surface area contributed by atoms with Crippen molar-refractivity contribution in [2.45, 2.75) is 27.2 Å². The number of hydrogen-bond acceptors (Lipinski definition) is 2. The topological polar surface area (TPSA) is 35.8 Å². The monoisotopic (exact) mass is 220 g/mol. The molecule has 0 heterocycles. The van der Waals surface area contributed by atoms with Crippen LogP contribution < -0.4 is 5.32 Å². The highest BCUT2D eigenvalue weighted by Crippen LogP contribution is 2.21. The van der Waals surface area contributed by atoms with Crippen LogP contribution in [0.25, 0.3) is 0 Å². The van der Waals surface area contributed by atoms with E-state index >= 15 is 0 Å². The van der Waals surface area contributed by atoms with Crippen LogP contribution in [-0.4, -0.2) is 6.54 Å². The SMILES string of the molecule is Cc1cccc(F)c1NCCC(C)(C)C#N. The summed E-state index contributed by atoms with van der Waals surface area (Å²) in [6, 6.07) is 7.21. The van der Waals surface area contributed by atoms with Crippen molar-refractivity contribution in [1.29, 1.82) is 5.26 Å². The molecule has 2 nitrogen and oxygen atoms in total. The molecule has 0 aliphatic rings. The van der Waals surface area contributed by atoms with E-state index in [0.717, 1.165) is 5.56 Å². The van der Waals surface area contributed by atoms with Crippen LogP contribution in [0.2, 0.25) is 0 Å². The van der Waals surface area contributed by atoms with E-state index in [9.17, 15) is 4.39 Å². The first kappa shape index (κ1) is 12.5. The van der Waals surface area contributed by atoms with Crippen molar-refractivity contribution < 1.29 is 4.39 Å². The molecule has 1 aromatic rings. The van der Waals surface area contributed by atoms with Gasteiger partial charge in [-0.3, -0.25) is 0 Å². The number of hydrogen-bond donors (Lipinski definition) is 1. The van der Waals surface area contributed by atoms with Gasteiger partial charge in [0.2, 0.25) is 0 Å². The third-order valence-electron chi connectivity index (χ3n) is 2.58. The molecule has 0 saturated heterocycles. The molecule has 86 valence electrons. The van der Waals surface area contributed by atoms with Gasteiger partial charge in [-0.1, -0.05) is 12.1 Å². The summed E-state index contributed by atoms with van der Waals surface area (Å²) in [7, 11) is 0. The van der Waals surface area contributed by atoms with Crippen molar-refractivity contribution >= 4 is 5.69 Å². The molecule has 0 radical (unpaired) electrons. The predicted octanol–water partition coefficient (Wildman–Crippen LogP) is 3.49. The third-order valence-corrected chi connectivity index (χ3v) is 2.58. The van der Waals surface area contributed by atoms with Crippen LogP contribution in [-0.2, 0) is 0 Å². The summed E-state index contributed by atoms with van der Waals surface area (Å²) >= 11 is 0. The maximum atomic E-state index is 13.4. The predicted molar refractivity (Wildman–Crippen MR) is 63.6 cm³/mol. The van der Waals surface area contributed by atoms with Gasteiger partial charge in [0.25, 0.3) is 0 Å². The summed E-state index contributed by atoms with van der Waals surface area (Å²) in [4.78, 5) is 0. The Bertz CT molecular complexity index is 385. The number of rotatable bonds is 4. The second kappa shape index (κ2) is 4.98. The van der Waals surface area contributed by atoms with Gasteiger partial charge in [0.15, 0.2) is 0 Å². The molecule has 0 bridgehead atoms. The Kier molecular flexibility index (Phi) is 3.89. The number of aryl methyl sites for hydroxylation is 1. The second-order valence-electron chi connectivity index (χ2n) is 4.60. The standard InChI is InChI=1S/C13H17FN2/c1-10-5-4-6-11(14)12(10)16-8-7-13(2,3)9-15/h4-6,16H,7-8H2,1-3H3. The molecule has 0 fully saturated rings. The van der Waals surface area contributed by atoms with Gasteiger partial charge in [0.1, 0.15) is 5.82 Å². The molecular formula is C13H17FN2. The Morgan fingerprint density at radius 1 is 1.44 bits per heavy atom. The highest BCUT2D eigenvalue weighted by atomic mass is 19.1. The number of nitrogens with zero attached hydrogens (tertiary/aromatic N) is 1. The number of anilines is 1. The number of benzene rings is 1. The summed E-state index contributed by atoms with van der Waals surface area (Å²) in [6.45, 7) is 6.22. The van der Waals surface area contributed by atoms with Crippen LogP contribution in [0.5, 0.6) is 0 Å². The molecule has 0 atom stereocenters. The van der Waals surface area contributed by atoms with Crippen molar-refractivity contribution in [1.82, 2.24) is 0 Å². The second-order valence-corrected chi connectivity index (χ2v) is 4.60. The Morgan fingerprint density at radius 3 is 2.69 bits per heavy atom. The molecule has 3 heteroatoms. The lowest BCUT2D eigenvalue weighted by molar-refractivity contribution is 0.466. The Morgan fingerprint density at radius 2 is 2.12 bits per heavy atom. The summed E-state index contributed by atoms with van der Waals surface area (Å²) in [5.41, 5.74) is 1.05. The maximum absolute atomic E-state index is 13.4. The number of para-hydroxylation sites is 1. The fourth-order valence-electron chi connectivity index (χ4n) is 1.41. The molecule has 0 aliphatic carbocycles. The molecule has 1 N–H and O–H groups in total. The van der Waals surface area contributed by atoms with E-state index < -0.39 is 0 Å². The van der Waals surface area contributed by atoms with E-state index in [4.69, 9.17) is 5.26 Å². The summed E-state index contributed by atoms with van der Waals surface area (Å²) in [5.74, 6) is -0.241. The minimum atomic E-state index is -0.369. The average Bonchev–Trinajstić information content (AvgIpc) is 2.22. The van der Waals surface area contributed by atoms with Gasteiger partial charge in [-0.25, -0.2) is 4.39 Å². The lowest BCUT2D eigenvalue weighted by atomic mass is 9.91. The lowest BCUT2D eigenvalue weighted by Gasteiger charge is -2.16. The first-order chi connectivity index (χ1) is 7.46. The minimum Gasteiger partial charge on any atom is -0.382 e. The lowest BCUT2D eigenvalue weighted by Crippen LogP contribution is -2.15. The highest BCUT2D eigenvalue weighted by Gasteiger charge is 2.16. The average molecular weight is 220 g/mol. The van der Waals surface area contributed by atoms with E-state index in [0.29, 0.717) is 18.7 Å². The van der Waals surface area contributed by atoms with E-state index in [1.807, 2.05) is 26.8 Å². The van der Waals surface area contributed by atoms with E-state index in [2.05, 4.69) is 11.4 Å². The van der Waals surface area contributed by atoms with Crippen molar-refractivity contribution in [2.75, 3.05) is 11.9 Å². The highest BCUT2D eigenvalue weighted by molar-refractivity contribution is 5.51. The van der Waals surface area contributed by atoms with Gasteiger partial charge in [-0.15, -0.1) is 0 Å². The van der Waals surface area contributed by atoms with Crippen LogP contribution in [0.1, 0.15) is 25.8 Å². The van der Waals surface area contributed by atoms with Gasteiger partial charge in [-0.2, -0.15) is 5.26 Å². The molecule has 0 unspecified atom stereocenters. The van der Waals surface area contributed by atoms with E-state index in [-0.39, 0.29) is 11.2 Å². The zero-order valence-corrected chi connectivity index (χ0v) is 9.97. The maximum Gasteiger partial charge on any atom is 0.146 e. The summed E-state index contributed by atoms with van der Waals surface area (Å²) < 4.78 is 13.4. The molecule has 16 heavy (non-hydrogen) atoms. The molecule has 0 amide bonds. The normalized spacial score (nSPS) is 10.9. The minimum absolute atomic E-state index is 0.241. The van der Waals surface area contributed by atoms with Crippen molar-refractivity contribution in [3.8, 4) is 6.07 Å².